The molecule has 1 unspecified atom stereocenters. The maximum absolute atomic E-state index is 4.67. The van der Waals surface area contributed by atoms with E-state index >= 15 is 0 Å². The standard InChI is InChI=1S/C17H23N7S/c1-4-6-8-12(7-5-2)19-16-14-15(18-10-25-14)21-17(22-16)20-13-9-11(3)23-24-13/h4,6,9-10,12H,5,7-8H2,1-3H3,(H3,19,20,21,22,23,24)/b6-4-. The van der Waals surface area contributed by atoms with Crippen molar-refractivity contribution < 1.29 is 0 Å². The third-order valence-electron chi connectivity index (χ3n) is 3.77. The zero-order valence-corrected chi connectivity index (χ0v) is 15.5. The average molecular weight is 357 g/mol. The predicted molar refractivity (Wildman–Crippen MR) is 104 cm³/mol. The first-order chi connectivity index (χ1) is 12.2. The lowest BCUT2D eigenvalue weighted by Crippen LogP contribution is -2.19. The molecule has 132 valence electrons. The summed E-state index contributed by atoms with van der Waals surface area (Å²) in [6, 6.07) is 2.25. The van der Waals surface area contributed by atoms with Crippen LogP contribution in [0.4, 0.5) is 17.6 Å². The minimum absolute atomic E-state index is 0.335. The minimum Gasteiger partial charge on any atom is -0.366 e. The number of anilines is 3. The molecule has 0 saturated carbocycles. The van der Waals surface area contributed by atoms with E-state index in [1.807, 2.05) is 19.9 Å². The molecule has 0 saturated heterocycles. The van der Waals surface area contributed by atoms with Crippen molar-refractivity contribution >= 4 is 39.3 Å². The number of allylic oxidation sites excluding steroid dienone is 1. The number of aryl methyl sites for hydroxylation is 1. The van der Waals surface area contributed by atoms with Crippen molar-refractivity contribution in [1.82, 2.24) is 25.1 Å². The highest BCUT2D eigenvalue weighted by molar-refractivity contribution is 7.17. The van der Waals surface area contributed by atoms with E-state index in [1.54, 1.807) is 16.8 Å². The average Bonchev–Trinajstić information content (AvgIpc) is 3.22. The zero-order chi connectivity index (χ0) is 17.6. The quantitative estimate of drug-likeness (QED) is 0.517. The molecule has 0 spiro atoms. The molecule has 3 N–H and O–H groups in total. The number of H-pyrrole nitrogens is 1. The summed E-state index contributed by atoms with van der Waals surface area (Å²) >= 11 is 1.55. The van der Waals surface area contributed by atoms with Gasteiger partial charge in [0.25, 0.3) is 0 Å². The number of aromatic nitrogens is 5. The molecule has 0 aliphatic rings. The second kappa shape index (κ2) is 8.06. The molecule has 0 aliphatic heterocycles. The maximum atomic E-state index is 4.67. The van der Waals surface area contributed by atoms with Crippen LogP contribution >= 0.6 is 11.3 Å². The van der Waals surface area contributed by atoms with E-state index in [2.05, 4.69) is 54.9 Å². The second-order valence-electron chi connectivity index (χ2n) is 5.90. The molecule has 3 aromatic rings. The van der Waals surface area contributed by atoms with E-state index in [-0.39, 0.29) is 0 Å². The first-order valence-electron chi connectivity index (χ1n) is 8.47. The van der Waals surface area contributed by atoms with Gasteiger partial charge in [0.15, 0.2) is 17.3 Å². The molecular weight excluding hydrogens is 334 g/mol. The van der Waals surface area contributed by atoms with Crippen LogP contribution in [0.1, 0.15) is 38.8 Å². The molecule has 0 aliphatic carbocycles. The molecule has 0 bridgehead atoms. The van der Waals surface area contributed by atoms with Gasteiger partial charge in [-0.25, -0.2) is 4.98 Å². The Morgan fingerprint density at radius 1 is 1.36 bits per heavy atom. The second-order valence-corrected chi connectivity index (χ2v) is 6.75. The number of thiazole rings is 1. The lowest BCUT2D eigenvalue weighted by atomic mass is 10.1. The summed E-state index contributed by atoms with van der Waals surface area (Å²) in [5.41, 5.74) is 3.47. The summed E-state index contributed by atoms with van der Waals surface area (Å²) in [6.07, 6.45) is 7.43. The fraction of sp³-hybridized carbons (Fsp3) is 0.412. The number of aromatic amines is 1. The van der Waals surface area contributed by atoms with E-state index in [0.29, 0.717) is 23.5 Å². The third-order valence-corrected chi connectivity index (χ3v) is 4.60. The molecule has 3 rings (SSSR count). The number of hydrogen-bond donors (Lipinski definition) is 3. The highest BCUT2D eigenvalue weighted by atomic mass is 32.1. The SMILES string of the molecule is C/C=C\CC(CCC)Nc1nc(Nc2cc(C)[nH]n2)nc2ncsc12. The smallest absolute Gasteiger partial charge is 0.232 e. The van der Waals surface area contributed by atoms with Gasteiger partial charge in [-0.15, -0.1) is 11.3 Å². The van der Waals surface area contributed by atoms with Crippen LogP contribution < -0.4 is 10.6 Å². The van der Waals surface area contributed by atoms with Gasteiger partial charge in [0.2, 0.25) is 5.95 Å². The molecule has 3 aromatic heterocycles. The topological polar surface area (TPSA) is 91.4 Å². The fourth-order valence-corrected chi connectivity index (χ4v) is 3.28. The predicted octanol–water partition coefficient (Wildman–Crippen LogP) is 4.41. The molecule has 25 heavy (non-hydrogen) atoms. The number of fused-ring (bicyclic) bond motifs is 1. The Kier molecular flexibility index (Phi) is 5.60. The van der Waals surface area contributed by atoms with Gasteiger partial charge in [0, 0.05) is 17.8 Å². The van der Waals surface area contributed by atoms with Gasteiger partial charge in [0.05, 0.1) is 5.51 Å². The Bertz CT molecular complexity index is 852. The highest BCUT2D eigenvalue weighted by Crippen LogP contribution is 2.27. The molecule has 0 radical (unpaired) electrons. The van der Waals surface area contributed by atoms with Gasteiger partial charge < -0.3 is 10.6 Å². The molecule has 8 heteroatoms. The lowest BCUT2D eigenvalue weighted by Gasteiger charge is -2.18. The van der Waals surface area contributed by atoms with E-state index in [4.69, 9.17) is 0 Å². The molecular formula is C17H23N7S. The van der Waals surface area contributed by atoms with Crippen molar-refractivity contribution in [3.8, 4) is 0 Å². The summed E-state index contributed by atoms with van der Waals surface area (Å²) in [5.74, 6) is 2.01. The van der Waals surface area contributed by atoms with Crippen molar-refractivity contribution in [2.75, 3.05) is 10.6 Å². The van der Waals surface area contributed by atoms with Gasteiger partial charge >= 0.3 is 0 Å². The lowest BCUT2D eigenvalue weighted by molar-refractivity contribution is 0.645. The Morgan fingerprint density at radius 3 is 2.96 bits per heavy atom. The van der Waals surface area contributed by atoms with Gasteiger partial charge in [-0.3, -0.25) is 5.10 Å². The summed E-state index contributed by atoms with van der Waals surface area (Å²) < 4.78 is 0.977. The third kappa shape index (κ3) is 4.33. The van der Waals surface area contributed by atoms with Gasteiger partial charge in [-0.1, -0.05) is 25.5 Å². The Hall–Kier alpha value is -2.48. The highest BCUT2D eigenvalue weighted by Gasteiger charge is 2.14. The fourth-order valence-electron chi connectivity index (χ4n) is 2.61. The number of nitrogens with one attached hydrogen (secondary N) is 3. The van der Waals surface area contributed by atoms with Gasteiger partial charge in [0.1, 0.15) is 4.70 Å². The van der Waals surface area contributed by atoms with Crippen LogP contribution in [0.15, 0.2) is 23.7 Å². The molecule has 1 atom stereocenters. The Morgan fingerprint density at radius 2 is 2.24 bits per heavy atom. The molecule has 0 amide bonds. The molecule has 3 heterocycles. The minimum atomic E-state index is 0.335. The number of nitrogens with zero attached hydrogens (tertiary/aromatic N) is 4. The van der Waals surface area contributed by atoms with E-state index in [1.165, 1.54) is 0 Å². The van der Waals surface area contributed by atoms with E-state index in [0.717, 1.165) is 35.5 Å². The molecule has 0 fully saturated rings. The Labute approximate surface area is 151 Å². The largest absolute Gasteiger partial charge is 0.366 e. The summed E-state index contributed by atoms with van der Waals surface area (Å²) in [6.45, 7) is 6.19. The van der Waals surface area contributed by atoms with Crippen molar-refractivity contribution in [1.29, 1.82) is 0 Å². The first-order valence-corrected chi connectivity index (χ1v) is 9.35. The van der Waals surface area contributed by atoms with E-state index in [9.17, 15) is 0 Å². The van der Waals surface area contributed by atoms with Crippen LogP contribution in [0.3, 0.4) is 0 Å². The number of rotatable bonds is 8. The van der Waals surface area contributed by atoms with Crippen LogP contribution in [0.5, 0.6) is 0 Å². The van der Waals surface area contributed by atoms with E-state index < -0.39 is 0 Å². The van der Waals surface area contributed by atoms with Crippen LogP contribution in [-0.2, 0) is 0 Å². The molecule has 7 nitrogen and oxygen atoms in total. The molecule has 0 aromatic carbocycles. The van der Waals surface area contributed by atoms with Gasteiger partial charge in [-0.2, -0.15) is 15.1 Å². The zero-order valence-electron chi connectivity index (χ0n) is 14.7. The monoisotopic (exact) mass is 357 g/mol. The van der Waals surface area contributed by atoms with Crippen LogP contribution in [0, 0.1) is 6.92 Å². The summed E-state index contributed by atoms with van der Waals surface area (Å²) in [7, 11) is 0. The summed E-state index contributed by atoms with van der Waals surface area (Å²) in [4.78, 5) is 13.5. The number of hydrogen-bond acceptors (Lipinski definition) is 7. The van der Waals surface area contributed by atoms with Crippen molar-refractivity contribution in [3.05, 3.63) is 29.4 Å². The van der Waals surface area contributed by atoms with Gasteiger partial charge in [-0.05, 0) is 26.7 Å². The van der Waals surface area contributed by atoms with Crippen molar-refractivity contribution in [2.24, 2.45) is 0 Å². The van der Waals surface area contributed by atoms with Crippen LogP contribution in [0.25, 0.3) is 10.3 Å². The normalized spacial score (nSPS) is 12.8. The maximum Gasteiger partial charge on any atom is 0.232 e. The summed E-state index contributed by atoms with van der Waals surface area (Å²) in [5, 5.41) is 13.8. The van der Waals surface area contributed by atoms with Crippen molar-refractivity contribution in [3.63, 3.8) is 0 Å². The Balaban J connectivity index is 1.88. The first kappa shape index (κ1) is 17.3. The van der Waals surface area contributed by atoms with Crippen molar-refractivity contribution in [2.45, 2.75) is 46.1 Å². The van der Waals surface area contributed by atoms with Crippen LogP contribution in [-0.4, -0.2) is 31.2 Å². The van der Waals surface area contributed by atoms with Crippen LogP contribution in [0.2, 0.25) is 0 Å².